The summed E-state index contributed by atoms with van der Waals surface area (Å²) in [4.78, 5) is 29.2. The highest BCUT2D eigenvalue weighted by atomic mass is 35.5. The first-order valence-electron chi connectivity index (χ1n) is 10.7. The van der Waals surface area contributed by atoms with Gasteiger partial charge in [-0.15, -0.1) is 0 Å². The largest absolute Gasteiger partial charge is 0.416 e. The zero-order chi connectivity index (χ0) is 25.3. The smallest absolute Gasteiger partial charge is 0.355 e. The highest BCUT2D eigenvalue weighted by molar-refractivity contribution is 6.36. The van der Waals surface area contributed by atoms with Crippen LogP contribution in [-0.2, 0) is 19.0 Å². The number of carbonyl (C=O) groups excluding carboxylic acids is 1. The molecule has 0 amide bonds. The first kappa shape index (κ1) is 23.6. The summed E-state index contributed by atoms with van der Waals surface area (Å²) in [7, 11) is 0. The molecule has 4 heterocycles. The summed E-state index contributed by atoms with van der Waals surface area (Å²) in [5.74, 6) is 0.318. The maximum Gasteiger partial charge on any atom is 0.416 e. The molecule has 0 radical (unpaired) electrons. The van der Waals surface area contributed by atoms with E-state index in [9.17, 15) is 18.0 Å². The van der Waals surface area contributed by atoms with Crippen LogP contribution in [0.3, 0.4) is 0 Å². The second-order valence-corrected chi connectivity index (χ2v) is 8.31. The fraction of sp³-hybridized carbons (Fsp3) is 0.167. The van der Waals surface area contributed by atoms with E-state index in [0.717, 1.165) is 12.1 Å². The Hall–Kier alpha value is -4.12. The Morgan fingerprint density at radius 1 is 1.11 bits per heavy atom. The average Bonchev–Trinajstić information content (AvgIpc) is 3.50. The molecule has 5 rings (SSSR count). The Labute approximate surface area is 207 Å². The number of anilines is 2. The lowest BCUT2D eigenvalue weighted by Crippen LogP contribution is -2.08. The van der Waals surface area contributed by atoms with Gasteiger partial charge >= 0.3 is 6.18 Å². The number of pyridine rings is 1. The third kappa shape index (κ3) is 4.96. The van der Waals surface area contributed by atoms with Crippen molar-refractivity contribution in [2.75, 3.05) is 5.32 Å². The number of fused-ring (bicyclic) bond motifs is 1. The molecule has 12 heteroatoms. The predicted octanol–water partition coefficient (Wildman–Crippen LogP) is 5.77. The summed E-state index contributed by atoms with van der Waals surface area (Å²) < 4.78 is 44.3. The molecule has 1 N–H and O–H groups in total. The summed E-state index contributed by atoms with van der Waals surface area (Å²) in [6, 6.07) is 8.50. The van der Waals surface area contributed by atoms with Crippen LogP contribution in [0.15, 0.2) is 64.6 Å². The summed E-state index contributed by atoms with van der Waals surface area (Å²) in [6.45, 7) is 0. The summed E-state index contributed by atoms with van der Waals surface area (Å²) in [5, 5.41) is 7.08. The molecule has 182 valence electrons. The van der Waals surface area contributed by atoms with Gasteiger partial charge in [-0.1, -0.05) is 16.8 Å². The van der Waals surface area contributed by atoms with Crippen molar-refractivity contribution >= 4 is 40.3 Å². The van der Waals surface area contributed by atoms with Gasteiger partial charge in [-0.3, -0.25) is 9.78 Å². The molecule has 0 unspecified atom stereocenters. The number of carbonyl (C=O) groups is 1. The van der Waals surface area contributed by atoms with E-state index in [1.54, 1.807) is 30.6 Å². The standard InChI is InChI=1S/C24H16ClF3N6O2/c25-21-22(30-12-31-23(21)32-15-5-7-29-8-6-15)19(35)4-2-16-11-20(36-34-16)18-10-13-9-14(24(26,27)28)1-3-17(13)33-18/h1,3,5-9,11-12H,2,4,10H2,(H,29,30,31,32). The van der Waals surface area contributed by atoms with E-state index in [0.29, 0.717) is 34.1 Å². The van der Waals surface area contributed by atoms with Gasteiger partial charge in [0, 0.05) is 43.4 Å². The molecule has 0 saturated carbocycles. The number of halogens is 4. The van der Waals surface area contributed by atoms with Gasteiger partial charge in [0.05, 0.1) is 22.7 Å². The fourth-order valence-electron chi connectivity index (χ4n) is 3.67. The van der Waals surface area contributed by atoms with Gasteiger partial charge < -0.3 is 9.84 Å². The van der Waals surface area contributed by atoms with E-state index < -0.39 is 11.7 Å². The molecular weight excluding hydrogens is 497 g/mol. The zero-order valence-corrected chi connectivity index (χ0v) is 19.1. The van der Waals surface area contributed by atoms with Crippen molar-refractivity contribution < 1.29 is 22.5 Å². The SMILES string of the molecule is O=C(CCc1cc(C2=Nc3ccc(C(F)(F)F)cc3C2)on1)c1ncnc(Nc2ccncc2)c1Cl. The van der Waals surface area contributed by atoms with Crippen LogP contribution in [-0.4, -0.2) is 31.6 Å². The van der Waals surface area contributed by atoms with Crippen molar-refractivity contribution in [3.05, 3.63) is 88.4 Å². The molecule has 0 atom stereocenters. The van der Waals surface area contributed by atoms with E-state index >= 15 is 0 Å². The van der Waals surface area contributed by atoms with Crippen molar-refractivity contribution in [3.8, 4) is 0 Å². The van der Waals surface area contributed by atoms with Crippen LogP contribution < -0.4 is 5.32 Å². The number of aliphatic imine (C=N–C) groups is 1. The minimum absolute atomic E-state index is 0.0546. The molecule has 8 nitrogen and oxygen atoms in total. The second kappa shape index (κ2) is 9.50. The minimum atomic E-state index is -4.42. The number of hydrogen-bond acceptors (Lipinski definition) is 8. The quantitative estimate of drug-likeness (QED) is 0.313. The highest BCUT2D eigenvalue weighted by Gasteiger charge is 2.32. The maximum absolute atomic E-state index is 13.0. The summed E-state index contributed by atoms with van der Waals surface area (Å²) >= 11 is 6.36. The number of alkyl halides is 3. The minimum Gasteiger partial charge on any atom is -0.355 e. The van der Waals surface area contributed by atoms with Crippen LogP contribution >= 0.6 is 11.6 Å². The Morgan fingerprint density at radius 2 is 1.92 bits per heavy atom. The molecule has 1 aliphatic heterocycles. The van der Waals surface area contributed by atoms with Gasteiger partial charge in [-0.25, -0.2) is 15.0 Å². The number of nitrogens with one attached hydrogen (secondary N) is 1. The Kier molecular flexibility index (Phi) is 6.23. The number of benzene rings is 1. The highest BCUT2D eigenvalue weighted by Crippen LogP contribution is 2.36. The topological polar surface area (TPSA) is 106 Å². The number of nitrogens with zero attached hydrogens (tertiary/aromatic N) is 5. The number of hydrogen-bond donors (Lipinski definition) is 1. The molecule has 0 fully saturated rings. The third-order valence-corrected chi connectivity index (χ3v) is 5.83. The van der Waals surface area contributed by atoms with Crippen LogP contribution in [0.25, 0.3) is 0 Å². The van der Waals surface area contributed by atoms with E-state index in [1.807, 2.05) is 0 Å². The Bertz CT molecular complexity index is 1470. The van der Waals surface area contributed by atoms with Gasteiger partial charge in [-0.05, 0) is 35.9 Å². The third-order valence-electron chi connectivity index (χ3n) is 5.47. The normalized spacial score (nSPS) is 12.8. The average molecular weight is 513 g/mol. The van der Waals surface area contributed by atoms with E-state index in [-0.39, 0.29) is 41.6 Å². The number of aryl methyl sites for hydroxylation is 1. The van der Waals surface area contributed by atoms with Crippen LogP contribution in [0, 0.1) is 0 Å². The molecule has 36 heavy (non-hydrogen) atoms. The van der Waals surface area contributed by atoms with Crippen LogP contribution in [0.4, 0.5) is 30.4 Å². The van der Waals surface area contributed by atoms with Crippen LogP contribution in [0.2, 0.25) is 5.02 Å². The molecule has 0 spiro atoms. The lowest BCUT2D eigenvalue weighted by atomic mass is 10.0. The molecule has 1 aliphatic rings. The lowest BCUT2D eigenvalue weighted by molar-refractivity contribution is -0.137. The molecule has 0 saturated heterocycles. The van der Waals surface area contributed by atoms with E-state index in [4.69, 9.17) is 16.1 Å². The Balaban J connectivity index is 1.23. The first-order chi connectivity index (χ1) is 17.3. The molecule has 3 aromatic heterocycles. The van der Waals surface area contributed by atoms with Gasteiger partial charge in [0.2, 0.25) is 0 Å². The van der Waals surface area contributed by atoms with Gasteiger partial charge in [-0.2, -0.15) is 13.2 Å². The van der Waals surface area contributed by atoms with Crippen LogP contribution in [0.5, 0.6) is 0 Å². The fourth-order valence-corrected chi connectivity index (χ4v) is 3.92. The monoisotopic (exact) mass is 512 g/mol. The van der Waals surface area contributed by atoms with Crippen molar-refractivity contribution in [1.82, 2.24) is 20.1 Å². The van der Waals surface area contributed by atoms with Gasteiger partial charge in [0.15, 0.2) is 17.4 Å². The van der Waals surface area contributed by atoms with Crippen molar-refractivity contribution in [2.45, 2.75) is 25.4 Å². The van der Waals surface area contributed by atoms with Gasteiger partial charge in [0.1, 0.15) is 17.0 Å². The zero-order valence-electron chi connectivity index (χ0n) is 18.4. The second-order valence-electron chi connectivity index (χ2n) is 7.93. The van der Waals surface area contributed by atoms with Crippen LogP contribution in [0.1, 0.15) is 39.5 Å². The first-order valence-corrected chi connectivity index (χ1v) is 11.1. The molecule has 1 aromatic carbocycles. The van der Waals surface area contributed by atoms with Crippen molar-refractivity contribution in [2.24, 2.45) is 4.99 Å². The molecular formula is C24H16ClF3N6O2. The van der Waals surface area contributed by atoms with Crippen molar-refractivity contribution in [1.29, 1.82) is 0 Å². The summed E-state index contributed by atoms with van der Waals surface area (Å²) in [5.41, 5.74) is 1.93. The van der Waals surface area contributed by atoms with E-state index in [2.05, 4.69) is 30.4 Å². The number of rotatable bonds is 7. The number of Topliss-reactive ketones (excluding diaryl/α,β-unsaturated/α-hetero) is 1. The van der Waals surface area contributed by atoms with Crippen molar-refractivity contribution in [3.63, 3.8) is 0 Å². The van der Waals surface area contributed by atoms with E-state index in [1.165, 1.54) is 12.4 Å². The lowest BCUT2D eigenvalue weighted by Gasteiger charge is -2.09. The predicted molar refractivity (Wildman–Crippen MR) is 125 cm³/mol. The van der Waals surface area contributed by atoms with Gasteiger partial charge in [0.25, 0.3) is 0 Å². The Morgan fingerprint density at radius 3 is 2.69 bits per heavy atom. The molecule has 0 aliphatic carbocycles. The molecule has 4 aromatic rings. The number of ketones is 1. The molecule has 0 bridgehead atoms. The summed E-state index contributed by atoms with van der Waals surface area (Å²) in [6.07, 6.45) is 0.517. The number of aromatic nitrogens is 4. The maximum atomic E-state index is 13.0.